The molecule has 0 radical (unpaired) electrons. The highest BCUT2D eigenvalue weighted by atomic mass is 15.2. The molecule has 104 valence electrons. The molecule has 3 heteroatoms. The van der Waals surface area contributed by atoms with Gasteiger partial charge in [0.1, 0.15) is 0 Å². The Hall–Kier alpha value is -0.120. The molecule has 0 amide bonds. The molecule has 0 aliphatic rings. The van der Waals surface area contributed by atoms with Crippen molar-refractivity contribution in [1.29, 1.82) is 0 Å². The summed E-state index contributed by atoms with van der Waals surface area (Å²) in [7, 11) is 4.28. The van der Waals surface area contributed by atoms with E-state index in [4.69, 9.17) is 0 Å². The van der Waals surface area contributed by atoms with E-state index in [1.54, 1.807) is 0 Å². The van der Waals surface area contributed by atoms with Crippen molar-refractivity contribution < 1.29 is 0 Å². The zero-order valence-electron chi connectivity index (χ0n) is 13.0. The van der Waals surface area contributed by atoms with Crippen molar-refractivity contribution in [2.75, 3.05) is 46.8 Å². The normalized spacial score (nSPS) is 13.1. The molecule has 0 aliphatic heterocycles. The maximum Gasteiger partial charge on any atom is 0.0110 e. The standard InChI is InChI=1S/C14H33N3/c1-13(2)12-17(11-10-16(6)7)9-8-15-14(3,4)5/h13,15H,8-12H2,1-7H3. The average molecular weight is 243 g/mol. The van der Waals surface area contributed by atoms with Crippen LogP contribution < -0.4 is 5.32 Å². The summed E-state index contributed by atoms with van der Waals surface area (Å²) < 4.78 is 0. The number of hydrogen-bond acceptors (Lipinski definition) is 3. The molecular formula is C14H33N3. The highest BCUT2D eigenvalue weighted by molar-refractivity contribution is 4.72. The van der Waals surface area contributed by atoms with Crippen molar-refractivity contribution in [3.8, 4) is 0 Å². The fourth-order valence-electron chi connectivity index (χ4n) is 1.74. The zero-order valence-corrected chi connectivity index (χ0v) is 13.0. The van der Waals surface area contributed by atoms with Gasteiger partial charge in [-0.2, -0.15) is 0 Å². The summed E-state index contributed by atoms with van der Waals surface area (Å²) in [6, 6.07) is 0. The molecule has 0 aromatic rings. The van der Waals surface area contributed by atoms with Crippen LogP contribution in [0.2, 0.25) is 0 Å². The predicted octanol–water partition coefficient (Wildman–Crippen LogP) is 1.89. The van der Waals surface area contributed by atoms with Gasteiger partial charge in [0, 0.05) is 38.3 Å². The lowest BCUT2D eigenvalue weighted by Gasteiger charge is -2.28. The molecule has 0 aromatic heterocycles. The van der Waals surface area contributed by atoms with Gasteiger partial charge < -0.3 is 15.1 Å². The third kappa shape index (κ3) is 12.1. The highest BCUT2D eigenvalue weighted by Crippen LogP contribution is 2.00. The van der Waals surface area contributed by atoms with Gasteiger partial charge in [0.2, 0.25) is 0 Å². The lowest BCUT2D eigenvalue weighted by atomic mass is 10.1. The second-order valence-corrected chi connectivity index (χ2v) is 6.67. The Morgan fingerprint density at radius 3 is 2.00 bits per heavy atom. The van der Waals surface area contributed by atoms with E-state index >= 15 is 0 Å². The van der Waals surface area contributed by atoms with Gasteiger partial charge in [-0.15, -0.1) is 0 Å². The smallest absolute Gasteiger partial charge is 0.0110 e. The lowest BCUT2D eigenvalue weighted by molar-refractivity contribution is 0.213. The second kappa shape index (κ2) is 8.06. The summed E-state index contributed by atoms with van der Waals surface area (Å²) in [5.74, 6) is 0.742. The highest BCUT2D eigenvalue weighted by Gasteiger charge is 2.11. The Bertz CT molecular complexity index is 182. The Balaban J connectivity index is 3.93. The van der Waals surface area contributed by atoms with E-state index < -0.39 is 0 Å². The molecule has 0 unspecified atom stereocenters. The van der Waals surface area contributed by atoms with E-state index in [1.807, 2.05) is 0 Å². The largest absolute Gasteiger partial charge is 0.311 e. The van der Waals surface area contributed by atoms with Crippen LogP contribution in [0.4, 0.5) is 0 Å². The van der Waals surface area contributed by atoms with Gasteiger partial charge in [0.15, 0.2) is 0 Å². The summed E-state index contributed by atoms with van der Waals surface area (Å²) in [6.07, 6.45) is 0. The van der Waals surface area contributed by atoms with E-state index in [0.29, 0.717) is 0 Å². The van der Waals surface area contributed by atoms with Crippen LogP contribution in [-0.2, 0) is 0 Å². The monoisotopic (exact) mass is 243 g/mol. The second-order valence-electron chi connectivity index (χ2n) is 6.67. The van der Waals surface area contributed by atoms with Crippen molar-refractivity contribution >= 4 is 0 Å². The van der Waals surface area contributed by atoms with Crippen LogP contribution in [0.25, 0.3) is 0 Å². The number of nitrogens with zero attached hydrogens (tertiary/aromatic N) is 2. The van der Waals surface area contributed by atoms with Gasteiger partial charge >= 0.3 is 0 Å². The Labute approximate surface area is 109 Å². The molecule has 3 nitrogen and oxygen atoms in total. The average Bonchev–Trinajstić information content (AvgIpc) is 2.10. The summed E-state index contributed by atoms with van der Waals surface area (Å²) in [5.41, 5.74) is 0.227. The number of hydrogen-bond donors (Lipinski definition) is 1. The van der Waals surface area contributed by atoms with Crippen LogP contribution in [0.3, 0.4) is 0 Å². The first-order chi connectivity index (χ1) is 7.70. The maximum atomic E-state index is 3.56. The van der Waals surface area contributed by atoms with Crippen molar-refractivity contribution in [2.45, 2.75) is 40.2 Å². The minimum absolute atomic E-state index is 0.227. The number of nitrogens with one attached hydrogen (secondary N) is 1. The third-order valence-corrected chi connectivity index (χ3v) is 2.57. The van der Waals surface area contributed by atoms with Crippen LogP contribution in [0.15, 0.2) is 0 Å². The SMILES string of the molecule is CC(C)CN(CCNC(C)(C)C)CCN(C)C. The molecule has 0 heterocycles. The first kappa shape index (κ1) is 16.9. The van der Waals surface area contributed by atoms with Crippen LogP contribution >= 0.6 is 0 Å². The zero-order chi connectivity index (χ0) is 13.5. The Morgan fingerprint density at radius 1 is 1.00 bits per heavy atom. The van der Waals surface area contributed by atoms with Gasteiger partial charge in [0.05, 0.1) is 0 Å². The summed E-state index contributed by atoms with van der Waals surface area (Å²) in [4.78, 5) is 4.81. The van der Waals surface area contributed by atoms with Gasteiger partial charge in [0.25, 0.3) is 0 Å². The molecule has 0 rings (SSSR count). The molecule has 1 N–H and O–H groups in total. The third-order valence-electron chi connectivity index (χ3n) is 2.57. The first-order valence-corrected chi connectivity index (χ1v) is 6.83. The van der Waals surface area contributed by atoms with Crippen LogP contribution in [0, 0.1) is 5.92 Å². The van der Waals surface area contributed by atoms with Gasteiger partial charge in [-0.3, -0.25) is 0 Å². The van der Waals surface area contributed by atoms with Crippen molar-refractivity contribution in [3.63, 3.8) is 0 Å². The van der Waals surface area contributed by atoms with Crippen molar-refractivity contribution in [1.82, 2.24) is 15.1 Å². The molecule has 0 fully saturated rings. The van der Waals surface area contributed by atoms with Crippen molar-refractivity contribution in [3.05, 3.63) is 0 Å². The molecule has 0 bridgehead atoms. The topological polar surface area (TPSA) is 18.5 Å². The lowest BCUT2D eigenvalue weighted by Crippen LogP contribution is -2.43. The van der Waals surface area contributed by atoms with E-state index in [0.717, 1.165) is 32.1 Å². The summed E-state index contributed by atoms with van der Waals surface area (Å²) in [5, 5.41) is 3.56. The fourth-order valence-corrected chi connectivity index (χ4v) is 1.74. The minimum atomic E-state index is 0.227. The quantitative estimate of drug-likeness (QED) is 0.702. The van der Waals surface area contributed by atoms with Crippen molar-refractivity contribution in [2.24, 2.45) is 5.92 Å². The Morgan fingerprint density at radius 2 is 1.59 bits per heavy atom. The minimum Gasteiger partial charge on any atom is -0.311 e. The van der Waals surface area contributed by atoms with E-state index in [1.165, 1.54) is 6.54 Å². The predicted molar refractivity (Wildman–Crippen MR) is 77.6 cm³/mol. The summed E-state index contributed by atoms with van der Waals surface area (Å²) >= 11 is 0. The summed E-state index contributed by atoms with van der Waals surface area (Å²) in [6.45, 7) is 17.0. The molecule has 0 atom stereocenters. The van der Waals surface area contributed by atoms with Crippen LogP contribution in [0.1, 0.15) is 34.6 Å². The van der Waals surface area contributed by atoms with E-state index in [9.17, 15) is 0 Å². The molecule has 17 heavy (non-hydrogen) atoms. The first-order valence-electron chi connectivity index (χ1n) is 6.83. The molecule has 0 spiro atoms. The van der Waals surface area contributed by atoms with E-state index in [2.05, 4.69) is 63.8 Å². The fraction of sp³-hybridized carbons (Fsp3) is 1.00. The van der Waals surface area contributed by atoms with Gasteiger partial charge in [-0.25, -0.2) is 0 Å². The molecule has 0 saturated carbocycles. The van der Waals surface area contributed by atoms with Gasteiger partial charge in [-0.05, 0) is 40.8 Å². The number of rotatable bonds is 8. The molecular weight excluding hydrogens is 210 g/mol. The van der Waals surface area contributed by atoms with Gasteiger partial charge in [-0.1, -0.05) is 13.8 Å². The Kier molecular flexibility index (Phi) is 8.01. The molecule has 0 aliphatic carbocycles. The van der Waals surface area contributed by atoms with E-state index in [-0.39, 0.29) is 5.54 Å². The van der Waals surface area contributed by atoms with Crippen LogP contribution in [-0.4, -0.2) is 62.2 Å². The molecule has 0 saturated heterocycles. The number of likely N-dealkylation sites (N-methyl/N-ethyl adjacent to an activating group) is 1. The molecule has 0 aromatic carbocycles. The maximum absolute atomic E-state index is 3.56. The van der Waals surface area contributed by atoms with Crippen LogP contribution in [0.5, 0.6) is 0 Å².